The molecule has 1 aromatic carbocycles. The number of aryl methyl sites for hydroxylation is 3. The van der Waals surface area contributed by atoms with Gasteiger partial charge in [-0.25, -0.2) is 0 Å². The van der Waals surface area contributed by atoms with Crippen LogP contribution in [0.1, 0.15) is 41.8 Å². The molecule has 1 aliphatic heterocycles. The van der Waals surface area contributed by atoms with E-state index >= 15 is 0 Å². The quantitative estimate of drug-likeness (QED) is 0.914. The van der Waals surface area contributed by atoms with E-state index in [0.717, 1.165) is 58.3 Å². The molecular formula is C17H22ClN3O. The van der Waals surface area contributed by atoms with Gasteiger partial charge in [0.1, 0.15) is 0 Å². The van der Waals surface area contributed by atoms with Crippen LogP contribution in [-0.2, 0) is 13.5 Å². The summed E-state index contributed by atoms with van der Waals surface area (Å²) in [7, 11) is 1.89. The number of hydrogen-bond donors (Lipinski definition) is 1. The van der Waals surface area contributed by atoms with Crippen molar-refractivity contribution >= 4 is 23.1 Å². The molecule has 1 atom stereocenters. The molecular weight excluding hydrogens is 298 g/mol. The predicted octanol–water partition coefficient (Wildman–Crippen LogP) is 3.83. The molecule has 118 valence electrons. The van der Waals surface area contributed by atoms with E-state index in [4.69, 9.17) is 11.6 Å². The van der Waals surface area contributed by atoms with Crippen molar-refractivity contribution in [2.75, 3.05) is 11.4 Å². The highest BCUT2D eigenvalue weighted by molar-refractivity contribution is 6.33. The Morgan fingerprint density at radius 3 is 2.68 bits per heavy atom. The first kappa shape index (κ1) is 15.4. The zero-order valence-corrected chi connectivity index (χ0v) is 14.3. The van der Waals surface area contributed by atoms with Crippen molar-refractivity contribution in [2.24, 2.45) is 7.05 Å². The molecule has 0 unspecified atom stereocenters. The normalized spacial score (nSPS) is 15.8. The van der Waals surface area contributed by atoms with Gasteiger partial charge in [-0.2, -0.15) is 5.10 Å². The van der Waals surface area contributed by atoms with Gasteiger partial charge in [-0.1, -0.05) is 17.7 Å². The van der Waals surface area contributed by atoms with Gasteiger partial charge in [0, 0.05) is 19.2 Å². The van der Waals surface area contributed by atoms with Crippen molar-refractivity contribution in [3.05, 3.63) is 39.5 Å². The van der Waals surface area contributed by atoms with Crippen LogP contribution in [-0.4, -0.2) is 21.4 Å². The SMILES string of the molecule is Cc1cc(C)c(N2CCCc3c2nn(C)c3[C@@H](C)O)c(Cl)c1. The minimum atomic E-state index is -0.518. The topological polar surface area (TPSA) is 41.3 Å². The summed E-state index contributed by atoms with van der Waals surface area (Å²) in [5.41, 5.74) is 5.39. The van der Waals surface area contributed by atoms with Crippen molar-refractivity contribution in [3.63, 3.8) is 0 Å². The lowest BCUT2D eigenvalue weighted by molar-refractivity contribution is 0.188. The Balaban J connectivity index is 2.16. The minimum Gasteiger partial charge on any atom is -0.387 e. The average molecular weight is 320 g/mol. The van der Waals surface area contributed by atoms with Crippen LogP contribution in [0.4, 0.5) is 11.5 Å². The lowest BCUT2D eigenvalue weighted by atomic mass is 10.0. The first-order valence-corrected chi connectivity index (χ1v) is 8.06. The fourth-order valence-corrected chi connectivity index (χ4v) is 3.96. The molecule has 3 rings (SSSR count). The Kier molecular flexibility index (Phi) is 3.91. The van der Waals surface area contributed by atoms with E-state index in [9.17, 15) is 5.11 Å². The number of nitrogens with zero attached hydrogens (tertiary/aromatic N) is 3. The molecule has 0 saturated carbocycles. The van der Waals surface area contributed by atoms with Gasteiger partial charge >= 0.3 is 0 Å². The van der Waals surface area contributed by atoms with Gasteiger partial charge in [-0.05, 0) is 50.8 Å². The Morgan fingerprint density at radius 1 is 1.32 bits per heavy atom. The van der Waals surface area contributed by atoms with E-state index in [-0.39, 0.29) is 0 Å². The van der Waals surface area contributed by atoms with Crippen LogP contribution in [0.25, 0.3) is 0 Å². The summed E-state index contributed by atoms with van der Waals surface area (Å²) in [5.74, 6) is 0.929. The van der Waals surface area contributed by atoms with Crippen LogP contribution < -0.4 is 4.90 Å². The first-order chi connectivity index (χ1) is 10.4. The summed E-state index contributed by atoms with van der Waals surface area (Å²) >= 11 is 6.52. The second-order valence-corrected chi connectivity index (χ2v) is 6.56. The summed E-state index contributed by atoms with van der Waals surface area (Å²) < 4.78 is 1.80. The fourth-order valence-electron chi connectivity index (χ4n) is 3.53. The Labute approximate surface area is 136 Å². The van der Waals surface area contributed by atoms with E-state index in [1.807, 2.05) is 13.1 Å². The number of aliphatic hydroxyl groups excluding tert-OH is 1. The number of fused-ring (bicyclic) bond motifs is 1. The third-order valence-corrected chi connectivity index (χ3v) is 4.59. The van der Waals surface area contributed by atoms with Gasteiger partial charge in [-0.3, -0.25) is 4.68 Å². The number of aliphatic hydroxyl groups is 1. The van der Waals surface area contributed by atoms with Crippen molar-refractivity contribution in [2.45, 2.75) is 39.7 Å². The molecule has 4 nitrogen and oxygen atoms in total. The molecule has 0 fully saturated rings. The highest BCUT2D eigenvalue weighted by Crippen LogP contribution is 2.41. The molecule has 5 heteroatoms. The van der Waals surface area contributed by atoms with Crippen LogP contribution >= 0.6 is 11.6 Å². The molecule has 2 aromatic rings. The summed E-state index contributed by atoms with van der Waals surface area (Å²) in [6, 6.07) is 4.14. The monoisotopic (exact) mass is 319 g/mol. The van der Waals surface area contributed by atoms with Gasteiger partial charge in [0.25, 0.3) is 0 Å². The zero-order valence-electron chi connectivity index (χ0n) is 13.5. The molecule has 2 heterocycles. The summed E-state index contributed by atoms with van der Waals surface area (Å²) in [5, 5.41) is 15.5. The van der Waals surface area contributed by atoms with Crippen molar-refractivity contribution < 1.29 is 5.11 Å². The van der Waals surface area contributed by atoms with Gasteiger partial charge in [0.2, 0.25) is 0 Å². The molecule has 1 aliphatic rings. The van der Waals surface area contributed by atoms with Crippen LogP contribution in [0.5, 0.6) is 0 Å². The summed E-state index contributed by atoms with van der Waals surface area (Å²) in [6.45, 7) is 6.82. The van der Waals surface area contributed by atoms with Gasteiger partial charge in [-0.15, -0.1) is 0 Å². The van der Waals surface area contributed by atoms with Crippen LogP contribution in [0.2, 0.25) is 5.02 Å². The van der Waals surface area contributed by atoms with E-state index in [2.05, 4.69) is 29.9 Å². The second-order valence-electron chi connectivity index (χ2n) is 6.15. The average Bonchev–Trinajstić information content (AvgIpc) is 2.74. The van der Waals surface area contributed by atoms with E-state index in [1.165, 1.54) is 0 Å². The highest BCUT2D eigenvalue weighted by Gasteiger charge is 2.29. The smallest absolute Gasteiger partial charge is 0.158 e. The maximum Gasteiger partial charge on any atom is 0.158 e. The number of halogens is 1. The Hall–Kier alpha value is -1.52. The van der Waals surface area contributed by atoms with Crippen molar-refractivity contribution in [3.8, 4) is 0 Å². The van der Waals surface area contributed by atoms with E-state index in [1.54, 1.807) is 11.6 Å². The molecule has 0 spiro atoms. The number of aromatic nitrogens is 2. The van der Waals surface area contributed by atoms with Crippen LogP contribution in [0.3, 0.4) is 0 Å². The van der Waals surface area contributed by atoms with E-state index < -0.39 is 6.10 Å². The number of hydrogen-bond acceptors (Lipinski definition) is 3. The fraction of sp³-hybridized carbons (Fsp3) is 0.471. The van der Waals surface area contributed by atoms with Gasteiger partial charge in [0.15, 0.2) is 5.82 Å². The molecule has 0 bridgehead atoms. The predicted molar refractivity (Wildman–Crippen MR) is 90.1 cm³/mol. The maximum atomic E-state index is 10.0. The zero-order chi connectivity index (χ0) is 16.0. The highest BCUT2D eigenvalue weighted by atomic mass is 35.5. The number of anilines is 2. The molecule has 1 N–H and O–H groups in total. The van der Waals surface area contributed by atoms with Gasteiger partial charge < -0.3 is 10.0 Å². The third kappa shape index (κ3) is 2.40. The molecule has 0 aliphatic carbocycles. The number of benzene rings is 1. The molecule has 0 radical (unpaired) electrons. The van der Waals surface area contributed by atoms with Crippen molar-refractivity contribution in [1.29, 1.82) is 0 Å². The summed E-state index contributed by atoms with van der Waals surface area (Å²) in [4.78, 5) is 2.20. The summed E-state index contributed by atoms with van der Waals surface area (Å²) in [6.07, 6.45) is 1.46. The standard InChI is InChI=1S/C17H22ClN3O/c1-10-8-11(2)15(14(18)9-10)21-7-5-6-13-16(12(3)22)20(4)19-17(13)21/h8-9,12,22H,5-7H2,1-4H3/t12-/m1/s1. The van der Waals surface area contributed by atoms with Gasteiger partial charge in [0.05, 0.1) is 22.5 Å². The second kappa shape index (κ2) is 5.60. The minimum absolute atomic E-state index is 0.518. The largest absolute Gasteiger partial charge is 0.387 e. The molecule has 0 saturated heterocycles. The Morgan fingerprint density at radius 2 is 2.05 bits per heavy atom. The number of rotatable bonds is 2. The molecule has 0 amide bonds. The maximum absolute atomic E-state index is 10.0. The first-order valence-electron chi connectivity index (χ1n) is 7.68. The van der Waals surface area contributed by atoms with Crippen LogP contribution in [0.15, 0.2) is 12.1 Å². The third-order valence-electron chi connectivity index (χ3n) is 4.30. The lowest BCUT2D eigenvalue weighted by Crippen LogP contribution is -2.26. The lowest BCUT2D eigenvalue weighted by Gasteiger charge is -2.30. The van der Waals surface area contributed by atoms with E-state index in [0.29, 0.717) is 0 Å². The van der Waals surface area contributed by atoms with Crippen molar-refractivity contribution in [1.82, 2.24) is 9.78 Å². The molecule has 22 heavy (non-hydrogen) atoms. The van der Waals surface area contributed by atoms with Crippen LogP contribution in [0, 0.1) is 13.8 Å². The molecule has 1 aromatic heterocycles. The Bertz CT molecular complexity index is 698.